The Morgan fingerprint density at radius 1 is 1.10 bits per heavy atom. The second-order valence-electron chi connectivity index (χ2n) is 16.7. The molecule has 1 heterocycles. The summed E-state index contributed by atoms with van der Waals surface area (Å²) in [5.41, 5.74) is 2.50. The number of nitrogens with zero attached hydrogens (tertiary/aromatic N) is 3. The van der Waals surface area contributed by atoms with Gasteiger partial charge in [0.25, 0.3) is 0 Å². The van der Waals surface area contributed by atoms with E-state index < -0.39 is 30.0 Å². The van der Waals surface area contributed by atoms with Gasteiger partial charge < -0.3 is 25.5 Å². The van der Waals surface area contributed by atoms with Gasteiger partial charge in [-0.25, -0.2) is 4.39 Å². The highest BCUT2D eigenvalue weighted by molar-refractivity contribution is 5.82. The minimum absolute atomic E-state index is 0.0538. The molecule has 0 radical (unpaired) electrons. The first-order chi connectivity index (χ1) is 23.6. The molecule has 1 amide bonds. The molecule has 3 saturated carbocycles. The minimum Gasteiger partial charge on any atom is -0.508 e. The number of fused-ring (bicyclic) bond motifs is 2. The number of benzene rings is 2. The molecule has 4 fully saturated rings. The lowest BCUT2D eigenvalue weighted by molar-refractivity contribution is -0.183. The molecule has 9 nitrogen and oxygen atoms in total. The number of hydroxylamine groups is 2. The lowest BCUT2D eigenvalue weighted by atomic mass is 9.45. The Balaban J connectivity index is 1.38. The monoisotopic (exact) mass is 696 g/mol. The number of likely N-dealkylation sites (N-methyl/N-ethyl adjacent to an activating group) is 1. The Kier molecular flexibility index (Phi) is 12.3. The molecular formula is C40H61FN4O5. The summed E-state index contributed by atoms with van der Waals surface area (Å²) < 4.78 is 15.0. The Labute approximate surface area is 298 Å². The Morgan fingerprint density at radius 3 is 2.40 bits per heavy atom. The lowest BCUT2D eigenvalue weighted by Gasteiger charge is -2.62. The van der Waals surface area contributed by atoms with Crippen LogP contribution in [0, 0.1) is 40.8 Å². The van der Waals surface area contributed by atoms with Gasteiger partial charge >= 0.3 is 0 Å². The molecule has 1 saturated heterocycles. The average Bonchev–Trinajstić information content (AvgIpc) is 3.41. The maximum atomic E-state index is 15.0. The van der Waals surface area contributed by atoms with Gasteiger partial charge in [0.05, 0.1) is 19.3 Å². The van der Waals surface area contributed by atoms with Crippen molar-refractivity contribution in [1.82, 2.24) is 20.2 Å². The minimum atomic E-state index is -0.867. The van der Waals surface area contributed by atoms with E-state index in [0.29, 0.717) is 35.6 Å². The number of aliphatic hydroxyl groups excluding tert-OH is 2. The Hall–Kier alpha value is -2.60. The van der Waals surface area contributed by atoms with Crippen LogP contribution >= 0.6 is 0 Å². The number of carbonyl (C=O) groups is 1. The molecule has 1 aliphatic heterocycles. The van der Waals surface area contributed by atoms with E-state index in [0.717, 1.165) is 30.5 Å². The number of aromatic hydroxyl groups is 1. The smallest absolute Gasteiger partial charge is 0.240 e. The molecule has 50 heavy (non-hydrogen) atoms. The van der Waals surface area contributed by atoms with Crippen LogP contribution in [0.4, 0.5) is 4.39 Å². The third-order valence-corrected chi connectivity index (χ3v) is 12.1. The number of nitrogens with one attached hydrogen (secondary N) is 1. The van der Waals surface area contributed by atoms with Gasteiger partial charge in [-0.2, -0.15) is 5.06 Å². The zero-order chi connectivity index (χ0) is 36.5. The molecule has 4 N–H and O–H groups in total. The standard InChI is InChI=1S/C40H61FN4O5/c1-24(2)15-30(21-43(7)8)44(22-31-33(41)13-10-14-35(31)48)19-27-11-9-12-28(16-27)20-45-38(37(26(4)47)36(23-46)50-45)39(49)42-34-18-29-17-32(25(34)3)40(29,5)6/h9-14,16,24-26,29-30,32,34,36-38,46-48H,15,17-23H2,1-8H3,(H,42,49)/t25-,26+,29?,30+,32?,34+,36+,37-,38+/m1/s1. The third-order valence-electron chi connectivity index (χ3n) is 12.1. The van der Waals surface area contributed by atoms with Crippen molar-refractivity contribution in [3.63, 3.8) is 0 Å². The molecule has 0 spiro atoms. The maximum Gasteiger partial charge on any atom is 0.240 e. The van der Waals surface area contributed by atoms with Gasteiger partial charge in [0.15, 0.2) is 0 Å². The number of hydrogen-bond donors (Lipinski definition) is 4. The molecule has 6 rings (SSSR count). The fraction of sp³-hybridized carbons (Fsp3) is 0.675. The van der Waals surface area contributed by atoms with Crippen LogP contribution in [0.2, 0.25) is 0 Å². The van der Waals surface area contributed by atoms with Gasteiger partial charge in [-0.3, -0.25) is 14.5 Å². The number of carbonyl (C=O) groups excluding carboxylic acids is 1. The van der Waals surface area contributed by atoms with Crippen LogP contribution in [0.5, 0.6) is 5.75 Å². The second kappa shape index (κ2) is 16.0. The first kappa shape index (κ1) is 38.6. The van der Waals surface area contributed by atoms with E-state index in [-0.39, 0.29) is 49.0 Å². The average molecular weight is 697 g/mol. The molecule has 2 bridgehead atoms. The quantitative estimate of drug-likeness (QED) is 0.202. The molecule has 278 valence electrons. The maximum absolute atomic E-state index is 15.0. The fourth-order valence-electron chi connectivity index (χ4n) is 9.25. The van der Waals surface area contributed by atoms with Gasteiger partial charge in [-0.05, 0) is 92.6 Å². The van der Waals surface area contributed by atoms with E-state index in [9.17, 15) is 20.1 Å². The van der Waals surface area contributed by atoms with Crippen molar-refractivity contribution in [2.24, 2.45) is 35.0 Å². The number of phenolic OH excluding ortho intramolecular Hbond substituents is 1. The summed E-state index contributed by atoms with van der Waals surface area (Å²) >= 11 is 0. The zero-order valence-corrected chi connectivity index (χ0v) is 31.3. The summed E-state index contributed by atoms with van der Waals surface area (Å²) in [5.74, 6) is 0.673. The summed E-state index contributed by atoms with van der Waals surface area (Å²) in [6.45, 7) is 14.5. The van der Waals surface area contributed by atoms with Crippen LogP contribution in [0.3, 0.4) is 0 Å². The van der Waals surface area contributed by atoms with Gasteiger partial charge in [0.2, 0.25) is 5.91 Å². The molecule has 10 heteroatoms. The summed E-state index contributed by atoms with van der Waals surface area (Å²) in [7, 11) is 4.07. The predicted molar refractivity (Wildman–Crippen MR) is 193 cm³/mol. The summed E-state index contributed by atoms with van der Waals surface area (Å²) in [4.78, 5) is 24.7. The number of rotatable bonds is 15. The topological polar surface area (TPSA) is 109 Å². The molecule has 3 aliphatic carbocycles. The van der Waals surface area contributed by atoms with Gasteiger partial charge in [-0.15, -0.1) is 0 Å². The first-order valence-corrected chi connectivity index (χ1v) is 18.6. The van der Waals surface area contributed by atoms with Crippen molar-refractivity contribution >= 4 is 5.91 Å². The number of amides is 1. The lowest BCUT2D eigenvalue weighted by Crippen LogP contribution is -2.62. The van der Waals surface area contributed by atoms with Crippen molar-refractivity contribution < 1.29 is 29.3 Å². The van der Waals surface area contributed by atoms with E-state index in [1.807, 2.05) is 32.3 Å². The Bertz CT molecular complexity index is 1420. The fourth-order valence-corrected chi connectivity index (χ4v) is 9.25. The van der Waals surface area contributed by atoms with Gasteiger partial charge in [0.1, 0.15) is 23.7 Å². The van der Waals surface area contributed by atoms with Crippen LogP contribution in [-0.4, -0.2) is 93.7 Å². The van der Waals surface area contributed by atoms with E-state index in [1.165, 1.54) is 24.6 Å². The van der Waals surface area contributed by atoms with Crippen LogP contribution in [-0.2, 0) is 29.3 Å². The van der Waals surface area contributed by atoms with Crippen LogP contribution in [0.1, 0.15) is 77.5 Å². The summed E-state index contributed by atoms with van der Waals surface area (Å²) in [5, 5.41) is 36.7. The summed E-state index contributed by atoms with van der Waals surface area (Å²) in [6, 6.07) is 11.9. The molecule has 4 aliphatic rings. The highest BCUT2D eigenvalue weighted by atomic mass is 19.1. The van der Waals surface area contributed by atoms with Gasteiger partial charge in [0, 0.05) is 43.2 Å². The molecule has 9 atom stereocenters. The van der Waals surface area contributed by atoms with Gasteiger partial charge in [-0.1, -0.05) is 65.0 Å². The molecule has 2 unspecified atom stereocenters. The molecule has 0 aromatic heterocycles. The van der Waals surface area contributed by atoms with Crippen molar-refractivity contribution in [3.8, 4) is 5.75 Å². The summed E-state index contributed by atoms with van der Waals surface area (Å²) in [6.07, 6.45) is 1.48. The number of hydrogen-bond acceptors (Lipinski definition) is 8. The van der Waals surface area contributed by atoms with Crippen molar-refractivity contribution in [2.75, 3.05) is 27.2 Å². The van der Waals surface area contributed by atoms with E-state index >= 15 is 4.39 Å². The number of aliphatic hydroxyl groups is 2. The highest BCUT2D eigenvalue weighted by Gasteiger charge is 2.57. The third kappa shape index (κ3) is 8.37. The van der Waals surface area contributed by atoms with Crippen LogP contribution in [0.15, 0.2) is 42.5 Å². The number of phenols is 1. The van der Waals surface area contributed by atoms with Crippen molar-refractivity contribution in [3.05, 3.63) is 65.0 Å². The van der Waals surface area contributed by atoms with E-state index in [2.05, 4.69) is 55.8 Å². The molecule has 2 aromatic rings. The van der Waals surface area contributed by atoms with Crippen molar-refractivity contribution in [1.29, 1.82) is 0 Å². The highest BCUT2D eigenvalue weighted by Crippen LogP contribution is 2.61. The largest absolute Gasteiger partial charge is 0.508 e. The Morgan fingerprint density at radius 2 is 1.80 bits per heavy atom. The zero-order valence-electron chi connectivity index (χ0n) is 31.3. The van der Waals surface area contributed by atoms with E-state index in [4.69, 9.17) is 4.84 Å². The second-order valence-corrected chi connectivity index (χ2v) is 16.7. The molecule has 2 aromatic carbocycles. The van der Waals surface area contributed by atoms with Crippen LogP contribution < -0.4 is 5.32 Å². The van der Waals surface area contributed by atoms with Crippen LogP contribution in [0.25, 0.3) is 0 Å². The SMILES string of the molecule is CC(C)C[C@@H](CN(C)C)N(Cc1cccc(CN2O[C@@H](CO)[C@@H]([C@H](C)O)[C@H]2C(=O)N[C@H]2CC3CC([C@H]2C)C3(C)C)c1)Cc1c(O)cccc1F. The predicted octanol–water partition coefficient (Wildman–Crippen LogP) is 5.17. The van der Waals surface area contributed by atoms with Crippen molar-refractivity contribution in [2.45, 2.75) is 111 Å². The van der Waals surface area contributed by atoms with E-state index in [1.54, 1.807) is 12.0 Å². The first-order valence-electron chi connectivity index (χ1n) is 18.6. The number of halogens is 1. The normalized spacial score (nSPS) is 29.0. The molecular weight excluding hydrogens is 635 g/mol.